The van der Waals surface area contributed by atoms with E-state index in [0.717, 1.165) is 40.6 Å². The lowest BCUT2D eigenvalue weighted by atomic mass is 9.60. The summed E-state index contributed by atoms with van der Waals surface area (Å²) in [5, 5.41) is 0.0164. The second-order valence-corrected chi connectivity index (χ2v) is 8.21. The highest BCUT2D eigenvalue weighted by Crippen LogP contribution is 2.40. The lowest BCUT2D eigenvalue weighted by Gasteiger charge is -2.24. The van der Waals surface area contributed by atoms with Crippen molar-refractivity contribution in [2.75, 3.05) is 6.54 Å². The predicted molar refractivity (Wildman–Crippen MR) is 118 cm³/mol. The molecule has 0 spiro atoms. The Hall–Kier alpha value is -2.57. The fourth-order valence-corrected chi connectivity index (χ4v) is 4.20. The van der Waals surface area contributed by atoms with Crippen LogP contribution in [0.1, 0.15) is 47.2 Å². The van der Waals surface area contributed by atoms with Crippen molar-refractivity contribution in [3.05, 3.63) is 58.9 Å². The first-order valence-corrected chi connectivity index (χ1v) is 9.97. The highest BCUT2D eigenvalue weighted by atomic mass is 19.1. The second-order valence-electron chi connectivity index (χ2n) is 8.21. The molecule has 1 atom stereocenters. The van der Waals surface area contributed by atoms with Crippen molar-refractivity contribution in [3.63, 3.8) is 0 Å². The van der Waals surface area contributed by atoms with Crippen LogP contribution in [0.15, 0.2) is 36.4 Å². The van der Waals surface area contributed by atoms with Crippen LogP contribution in [0.4, 0.5) is 4.39 Å². The van der Waals surface area contributed by atoms with Crippen LogP contribution in [0.25, 0.3) is 22.2 Å². The number of hydrogen-bond acceptors (Lipinski definition) is 3. The topological polar surface area (TPSA) is 80.1 Å². The van der Waals surface area contributed by atoms with E-state index >= 15 is 0 Å². The number of nitrogens with two attached hydrogens (primary N) is 1. The van der Waals surface area contributed by atoms with Crippen molar-refractivity contribution in [3.8, 4) is 11.3 Å². The minimum absolute atomic E-state index is 0.102. The fourth-order valence-electron chi connectivity index (χ4n) is 4.20. The molecule has 4 N–H and O–H groups in total. The molecular formula is C21H24B2FN3O2. The number of hydrogen-bond donors (Lipinski definition) is 3. The summed E-state index contributed by atoms with van der Waals surface area (Å²) in [7, 11) is 3.78. The van der Waals surface area contributed by atoms with Gasteiger partial charge in [0.25, 0.3) is 5.91 Å². The third-order valence-electron chi connectivity index (χ3n) is 5.73. The minimum atomic E-state index is -0.792. The number of rotatable bonds is 5. The van der Waals surface area contributed by atoms with Gasteiger partial charge in [-0.2, -0.15) is 0 Å². The van der Waals surface area contributed by atoms with E-state index in [1.54, 1.807) is 12.1 Å². The van der Waals surface area contributed by atoms with E-state index in [1.165, 1.54) is 0 Å². The van der Waals surface area contributed by atoms with Crippen molar-refractivity contribution >= 4 is 32.5 Å². The van der Waals surface area contributed by atoms with E-state index in [-0.39, 0.29) is 17.6 Å². The summed E-state index contributed by atoms with van der Waals surface area (Å²) in [4.78, 5) is 21.6. The first-order valence-electron chi connectivity index (χ1n) is 9.97. The molecule has 148 valence electrons. The number of hydroxylamine groups is 1. The van der Waals surface area contributed by atoms with E-state index < -0.39 is 5.40 Å². The smallest absolute Gasteiger partial charge is 0.275 e. The van der Waals surface area contributed by atoms with E-state index in [0.29, 0.717) is 17.7 Å². The van der Waals surface area contributed by atoms with Crippen molar-refractivity contribution in [1.29, 1.82) is 0 Å². The molecule has 3 aromatic rings. The monoisotopic (exact) mass is 391 g/mol. The number of nitrogens with one attached hydrogen (secondary N) is 2. The molecule has 1 aliphatic rings. The van der Waals surface area contributed by atoms with Gasteiger partial charge in [-0.05, 0) is 49.1 Å². The lowest BCUT2D eigenvalue weighted by molar-refractivity contribution is -0.000557. The van der Waals surface area contributed by atoms with E-state index in [4.69, 9.17) is 10.6 Å². The average molecular weight is 391 g/mol. The minimum Gasteiger partial charge on any atom is -0.354 e. The van der Waals surface area contributed by atoms with Crippen molar-refractivity contribution in [1.82, 2.24) is 10.5 Å². The van der Waals surface area contributed by atoms with Crippen molar-refractivity contribution in [2.45, 2.75) is 31.1 Å². The van der Waals surface area contributed by atoms with Gasteiger partial charge in [-0.15, -0.1) is 0 Å². The van der Waals surface area contributed by atoms with Crippen LogP contribution in [-0.2, 0) is 10.2 Å². The zero-order valence-corrected chi connectivity index (χ0v) is 16.9. The fraction of sp³-hybridized carbons (Fsp3) is 0.286. The predicted octanol–water partition coefficient (Wildman–Crippen LogP) is 1.87. The Bertz CT molecular complexity index is 1100. The van der Waals surface area contributed by atoms with Gasteiger partial charge in [0.15, 0.2) is 0 Å². The largest absolute Gasteiger partial charge is 0.354 e. The summed E-state index contributed by atoms with van der Waals surface area (Å²) in [5.74, 6) is -0.423. The Morgan fingerprint density at radius 1 is 1.28 bits per heavy atom. The van der Waals surface area contributed by atoms with Gasteiger partial charge in [-0.1, -0.05) is 25.1 Å². The molecule has 1 aromatic heterocycles. The molecule has 0 saturated carbocycles. The molecule has 1 aliphatic heterocycles. The molecule has 0 radical (unpaired) electrons. The molecular weight excluding hydrogens is 367 g/mol. The van der Waals surface area contributed by atoms with Crippen LogP contribution >= 0.6 is 0 Å². The van der Waals surface area contributed by atoms with Crippen LogP contribution in [0.5, 0.6) is 0 Å². The highest BCUT2D eigenvalue weighted by molar-refractivity contribution is 6.40. The van der Waals surface area contributed by atoms with Crippen molar-refractivity contribution < 1.29 is 14.0 Å². The van der Waals surface area contributed by atoms with Gasteiger partial charge in [0.2, 0.25) is 0 Å². The van der Waals surface area contributed by atoms with E-state index in [1.807, 2.05) is 46.9 Å². The Morgan fingerprint density at radius 3 is 2.79 bits per heavy atom. The highest BCUT2D eigenvalue weighted by Gasteiger charge is 2.35. The van der Waals surface area contributed by atoms with Crippen LogP contribution in [-0.4, -0.2) is 33.1 Å². The van der Waals surface area contributed by atoms with E-state index in [2.05, 4.69) is 10.5 Å². The number of aromatic amines is 1. The second kappa shape index (κ2) is 7.35. The summed E-state index contributed by atoms with van der Waals surface area (Å²) >= 11 is 0. The van der Waals surface area contributed by atoms with Gasteiger partial charge in [-0.25, -0.2) is 9.87 Å². The molecule has 29 heavy (non-hydrogen) atoms. The van der Waals surface area contributed by atoms with Crippen LogP contribution < -0.4 is 11.2 Å². The zero-order chi connectivity index (χ0) is 20.8. The summed E-state index contributed by atoms with van der Waals surface area (Å²) in [6.45, 7) is 2.62. The number of aromatic nitrogens is 1. The van der Waals surface area contributed by atoms with Gasteiger partial charge >= 0.3 is 0 Å². The van der Waals surface area contributed by atoms with Gasteiger partial charge in [0, 0.05) is 22.0 Å². The molecule has 8 heteroatoms. The molecule has 0 fully saturated rings. The number of carbonyl (C=O) groups excluding carboxylic acids is 1. The normalized spacial score (nSPS) is 16.4. The molecule has 1 amide bonds. The first kappa shape index (κ1) is 19.7. The van der Waals surface area contributed by atoms with Gasteiger partial charge < -0.3 is 10.7 Å². The molecule has 2 aromatic carbocycles. The third-order valence-corrected chi connectivity index (χ3v) is 5.73. The number of carbonyl (C=O) groups is 1. The molecule has 2 heterocycles. The number of H-pyrrole nitrogens is 1. The average Bonchev–Trinajstić information content (AvgIpc) is 3.06. The van der Waals surface area contributed by atoms with Gasteiger partial charge in [0.1, 0.15) is 21.5 Å². The van der Waals surface area contributed by atoms with Crippen LogP contribution in [0, 0.1) is 5.82 Å². The zero-order valence-electron chi connectivity index (χ0n) is 16.9. The molecule has 4 rings (SSSR count). The van der Waals surface area contributed by atoms with E-state index in [9.17, 15) is 9.18 Å². The Kier molecular flexibility index (Phi) is 5.00. The summed E-state index contributed by atoms with van der Waals surface area (Å²) in [6, 6.07) is 10.8. The van der Waals surface area contributed by atoms with Crippen LogP contribution in [0.2, 0.25) is 0 Å². The Labute approximate surface area is 171 Å². The Morgan fingerprint density at radius 2 is 2.07 bits per heavy atom. The number of benzene rings is 2. The third kappa shape index (κ3) is 3.36. The number of halogens is 1. The Balaban J connectivity index is 1.87. The van der Waals surface area contributed by atoms with Crippen LogP contribution in [0.3, 0.4) is 0 Å². The van der Waals surface area contributed by atoms with Gasteiger partial charge in [0.05, 0.1) is 16.7 Å². The molecule has 0 saturated heterocycles. The molecule has 0 aliphatic carbocycles. The van der Waals surface area contributed by atoms with Gasteiger partial charge in [-0.3, -0.25) is 9.63 Å². The summed E-state index contributed by atoms with van der Waals surface area (Å²) in [5.41, 5.74) is 12.5. The SMILES string of the molecule is BC1(B)ONC(=O)c2cccc3[nH]c(-c4ccc(C(C)CCCN)c(F)c4)c1c23. The molecule has 5 nitrogen and oxygen atoms in total. The summed E-state index contributed by atoms with van der Waals surface area (Å²) < 4.78 is 15.0. The maximum atomic E-state index is 15.0. The number of amides is 1. The van der Waals surface area contributed by atoms with Crippen molar-refractivity contribution in [2.24, 2.45) is 5.73 Å². The standard InChI is InChI=1S/C21H24B2FN3O2/c1-11(4-3-9-25)13-8-7-12(10-15(13)24)19-18-17-14(5-2-6-16(17)26-19)20(28)27-29-21(18,22)23/h2,5-8,10-11,26H,3-4,9,22-23,25H2,1H3,(H,27,28). The quantitative estimate of drug-likeness (QED) is 0.582. The molecule has 1 unspecified atom stereocenters. The summed E-state index contributed by atoms with van der Waals surface area (Å²) in [6.07, 6.45) is 1.71. The maximum Gasteiger partial charge on any atom is 0.275 e. The maximum absolute atomic E-state index is 15.0. The first-order chi connectivity index (χ1) is 13.8. The lowest BCUT2D eigenvalue weighted by Crippen LogP contribution is -2.37. The molecule has 0 bridgehead atoms.